The molecule has 0 aromatic carbocycles. The van der Waals surface area contributed by atoms with Crippen LogP contribution in [-0.2, 0) is 9.53 Å². The zero-order valence-electron chi connectivity index (χ0n) is 12.1. The highest BCUT2D eigenvalue weighted by Crippen LogP contribution is 2.21. The number of alkyl halides is 1. The van der Waals surface area contributed by atoms with E-state index in [0.29, 0.717) is 36.1 Å². The van der Waals surface area contributed by atoms with E-state index in [-0.39, 0.29) is 5.28 Å². The Morgan fingerprint density at radius 1 is 1.45 bits per heavy atom. The van der Waals surface area contributed by atoms with Gasteiger partial charge >= 0.3 is 5.97 Å². The standard InChI is InChI=1S/C14H16ClFN4O2/c1-22-13(21)10(5-2-3-7-16)18-12-11-9(6-4-8-17-11)19-14(15)20-12/h4,6,8,10H,2-3,5,7H2,1H3,(H,18,19,20)/t10-/m1/s1. The van der Waals surface area contributed by atoms with E-state index in [0.717, 1.165) is 0 Å². The summed E-state index contributed by atoms with van der Waals surface area (Å²) in [5.41, 5.74) is 1.07. The average Bonchev–Trinajstić information content (AvgIpc) is 2.53. The third-order valence-corrected chi connectivity index (χ3v) is 3.27. The number of nitrogens with one attached hydrogen (secondary N) is 1. The molecule has 0 unspecified atom stereocenters. The van der Waals surface area contributed by atoms with Crippen LogP contribution in [0.15, 0.2) is 18.3 Å². The van der Waals surface area contributed by atoms with E-state index < -0.39 is 18.7 Å². The summed E-state index contributed by atoms with van der Waals surface area (Å²) in [4.78, 5) is 24.2. The number of nitrogens with zero attached hydrogens (tertiary/aromatic N) is 3. The lowest BCUT2D eigenvalue weighted by Crippen LogP contribution is -2.31. The number of halogens is 2. The number of ether oxygens (including phenoxy) is 1. The minimum Gasteiger partial charge on any atom is -0.467 e. The highest BCUT2D eigenvalue weighted by molar-refractivity contribution is 6.28. The predicted octanol–water partition coefficient (Wildman–Crippen LogP) is 2.77. The van der Waals surface area contributed by atoms with Gasteiger partial charge in [-0.1, -0.05) is 0 Å². The van der Waals surface area contributed by atoms with Crippen molar-refractivity contribution >= 4 is 34.4 Å². The predicted molar refractivity (Wildman–Crippen MR) is 81.6 cm³/mol. The molecule has 0 aliphatic carbocycles. The average molecular weight is 327 g/mol. The van der Waals surface area contributed by atoms with E-state index in [4.69, 9.17) is 16.3 Å². The lowest BCUT2D eigenvalue weighted by Gasteiger charge is -2.17. The third kappa shape index (κ3) is 4.00. The van der Waals surface area contributed by atoms with E-state index in [1.165, 1.54) is 7.11 Å². The van der Waals surface area contributed by atoms with Crippen molar-refractivity contribution in [1.29, 1.82) is 0 Å². The van der Waals surface area contributed by atoms with Crippen LogP contribution in [0.1, 0.15) is 19.3 Å². The molecule has 118 valence electrons. The summed E-state index contributed by atoms with van der Waals surface area (Å²) >= 11 is 5.89. The molecule has 0 saturated carbocycles. The van der Waals surface area contributed by atoms with E-state index in [1.54, 1.807) is 18.3 Å². The van der Waals surface area contributed by atoms with Crippen LogP contribution >= 0.6 is 11.6 Å². The summed E-state index contributed by atoms with van der Waals surface area (Å²) in [5, 5.41) is 3.03. The Balaban J connectivity index is 2.27. The van der Waals surface area contributed by atoms with Crippen molar-refractivity contribution in [3.05, 3.63) is 23.6 Å². The number of esters is 1. The first-order valence-electron chi connectivity index (χ1n) is 6.84. The van der Waals surface area contributed by atoms with Crippen molar-refractivity contribution in [2.75, 3.05) is 19.1 Å². The van der Waals surface area contributed by atoms with Crippen LogP contribution in [-0.4, -0.2) is 40.7 Å². The lowest BCUT2D eigenvalue weighted by atomic mass is 10.1. The smallest absolute Gasteiger partial charge is 0.328 e. The Morgan fingerprint density at radius 2 is 2.27 bits per heavy atom. The van der Waals surface area contributed by atoms with Crippen LogP contribution in [0.2, 0.25) is 5.28 Å². The molecule has 0 bridgehead atoms. The molecule has 0 fully saturated rings. The highest BCUT2D eigenvalue weighted by Gasteiger charge is 2.21. The lowest BCUT2D eigenvalue weighted by molar-refractivity contribution is -0.141. The monoisotopic (exact) mass is 326 g/mol. The normalized spacial score (nSPS) is 12.1. The first-order valence-corrected chi connectivity index (χ1v) is 7.22. The van der Waals surface area contributed by atoms with Crippen LogP contribution in [0.25, 0.3) is 11.0 Å². The number of unbranched alkanes of at least 4 members (excludes halogenated alkanes) is 1. The number of pyridine rings is 1. The maximum Gasteiger partial charge on any atom is 0.328 e. The summed E-state index contributed by atoms with van der Waals surface area (Å²) in [6.45, 7) is -0.419. The molecule has 2 aromatic heterocycles. The molecule has 2 aromatic rings. The number of aromatic nitrogens is 3. The molecule has 0 aliphatic rings. The molecule has 0 spiro atoms. The minimum atomic E-state index is -0.646. The summed E-state index contributed by atoms with van der Waals surface area (Å²) in [6, 6.07) is 2.83. The molecule has 2 heterocycles. The van der Waals surface area contributed by atoms with E-state index in [1.807, 2.05) is 0 Å². The molecular formula is C14H16ClFN4O2. The van der Waals surface area contributed by atoms with Gasteiger partial charge in [-0.15, -0.1) is 0 Å². The molecule has 0 amide bonds. The molecule has 2 rings (SSSR count). The maximum absolute atomic E-state index is 12.2. The third-order valence-electron chi connectivity index (χ3n) is 3.10. The topological polar surface area (TPSA) is 77.0 Å². The van der Waals surface area contributed by atoms with E-state index in [2.05, 4.69) is 20.3 Å². The Kier molecular flexibility index (Phi) is 5.83. The molecular weight excluding hydrogens is 311 g/mol. The van der Waals surface area contributed by atoms with Crippen molar-refractivity contribution in [3.63, 3.8) is 0 Å². The van der Waals surface area contributed by atoms with Gasteiger partial charge in [0.25, 0.3) is 0 Å². The molecule has 6 nitrogen and oxygen atoms in total. The second-order valence-corrected chi connectivity index (χ2v) is 4.96. The Hall–Kier alpha value is -2.02. The summed E-state index contributed by atoms with van der Waals surface area (Å²) in [5.74, 6) is -0.0936. The van der Waals surface area contributed by atoms with Crippen molar-refractivity contribution < 1.29 is 13.9 Å². The SMILES string of the molecule is COC(=O)[C@@H](CCCCF)Nc1nc(Cl)nc2cccnc12. The molecule has 0 aliphatic heterocycles. The highest BCUT2D eigenvalue weighted by atomic mass is 35.5. The van der Waals surface area contributed by atoms with Gasteiger partial charge in [0.05, 0.1) is 19.3 Å². The molecule has 8 heteroatoms. The van der Waals surface area contributed by atoms with Gasteiger partial charge in [-0.3, -0.25) is 9.37 Å². The first kappa shape index (κ1) is 16.4. The van der Waals surface area contributed by atoms with E-state index in [9.17, 15) is 9.18 Å². The van der Waals surface area contributed by atoms with Crippen LogP contribution < -0.4 is 5.32 Å². The molecule has 1 atom stereocenters. The van der Waals surface area contributed by atoms with Crippen LogP contribution in [0, 0.1) is 0 Å². The van der Waals surface area contributed by atoms with Gasteiger partial charge in [-0.05, 0) is 43.0 Å². The molecule has 0 radical (unpaired) electrons. The second-order valence-electron chi connectivity index (χ2n) is 4.62. The summed E-state index contributed by atoms with van der Waals surface area (Å²) in [6.07, 6.45) is 2.96. The Morgan fingerprint density at radius 3 is 3.00 bits per heavy atom. The number of rotatable bonds is 7. The van der Waals surface area contributed by atoms with Crippen molar-refractivity contribution in [2.45, 2.75) is 25.3 Å². The van der Waals surface area contributed by atoms with Gasteiger partial charge in [-0.2, -0.15) is 4.98 Å². The van der Waals surface area contributed by atoms with Crippen LogP contribution in [0.4, 0.5) is 10.2 Å². The van der Waals surface area contributed by atoms with Crippen LogP contribution in [0.3, 0.4) is 0 Å². The fourth-order valence-electron chi connectivity index (χ4n) is 2.04. The minimum absolute atomic E-state index is 0.0513. The zero-order valence-corrected chi connectivity index (χ0v) is 12.8. The van der Waals surface area contributed by atoms with Gasteiger partial charge < -0.3 is 10.1 Å². The number of hydrogen-bond donors (Lipinski definition) is 1. The molecule has 22 heavy (non-hydrogen) atoms. The van der Waals surface area contributed by atoms with Crippen molar-refractivity contribution in [3.8, 4) is 0 Å². The molecule has 1 N–H and O–H groups in total. The quantitative estimate of drug-likeness (QED) is 0.479. The second kappa shape index (κ2) is 7.84. The Bertz CT molecular complexity index is 656. The zero-order chi connectivity index (χ0) is 15.9. The maximum atomic E-state index is 12.2. The van der Waals surface area contributed by atoms with Gasteiger partial charge in [-0.25, -0.2) is 9.78 Å². The number of hydrogen-bond acceptors (Lipinski definition) is 6. The summed E-state index contributed by atoms with van der Waals surface area (Å²) in [7, 11) is 1.30. The van der Waals surface area contributed by atoms with Crippen molar-refractivity contribution in [1.82, 2.24) is 15.0 Å². The van der Waals surface area contributed by atoms with Crippen LogP contribution in [0.5, 0.6) is 0 Å². The largest absolute Gasteiger partial charge is 0.467 e. The number of carbonyl (C=O) groups is 1. The number of anilines is 1. The van der Waals surface area contributed by atoms with Gasteiger partial charge in [0.1, 0.15) is 11.6 Å². The fourth-order valence-corrected chi connectivity index (χ4v) is 2.21. The molecule has 0 saturated heterocycles. The van der Waals surface area contributed by atoms with Gasteiger partial charge in [0, 0.05) is 6.20 Å². The summed E-state index contributed by atoms with van der Waals surface area (Å²) < 4.78 is 17.0. The Labute approximate surface area is 132 Å². The van der Waals surface area contributed by atoms with Crippen molar-refractivity contribution in [2.24, 2.45) is 0 Å². The number of carbonyl (C=O) groups excluding carboxylic acids is 1. The first-order chi connectivity index (χ1) is 10.7. The van der Waals surface area contributed by atoms with Gasteiger partial charge in [0.2, 0.25) is 5.28 Å². The number of fused-ring (bicyclic) bond motifs is 1. The number of methoxy groups -OCH3 is 1. The van der Waals surface area contributed by atoms with E-state index >= 15 is 0 Å². The fraction of sp³-hybridized carbons (Fsp3) is 0.429. The van der Waals surface area contributed by atoms with Gasteiger partial charge in [0.15, 0.2) is 5.82 Å².